The number of carbonyl (C=O) groups is 5. The largest absolute Gasteiger partial charge is 0.481 e. The van der Waals surface area contributed by atoms with Gasteiger partial charge in [-0.2, -0.15) is 0 Å². The average molecular weight is 552 g/mol. The normalized spacial score (nSPS) is 18.8. The minimum Gasteiger partial charge on any atom is -0.481 e. The predicted octanol–water partition coefficient (Wildman–Crippen LogP) is 1.77. The van der Waals surface area contributed by atoms with Crippen molar-refractivity contribution in [2.45, 2.75) is 109 Å². The van der Waals surface area contributed by atoms with E-state index in [1.807, 2.05) is 0 Å². The van der Waals surface area contributed by atoms with Crippen LogP contribution in [0.3, 0.4) is 0 Å². The lowest BCUT2D eigenvalue weighted by molar-refractivity contribution is -0.156. The van der Waals surface area contributed by atoms with Gasteiger partial charge in [0.1, 0.15) is 12.6 Å². The summed E-state index contributed by atoms with van der Waals surface area (Å²) in [6, 6.07) is -2.76. The summed E-state index contributed by atoms with van der Waals surface area (Å²) in [4.78, 5) is 65.9. The van der Waals surface area contributed by atoms with Gasteiger partial charge in [0.15, 0.2) is 0 Å². The summed E-state index contributed by atoms with van der Waals surface area (Å²) in [5, 5.41) is 12.5. The van der Waals surface area contributed by atoms with Crippen LogP contribution in [0, 0.1) is 11.8 Å². The Morgan fingerprint density at radius 1 is 0.923 bits per heavy atom. The van der Waals surface area contributed by atoms with Crippen molar-refractivity contribution in [2.75, 3.05) is 26.2 Å². The van der Waals surface area contributed by atoms with Gasteiger partial charge in [-0.1, -0.05) is 44.9 Å². The van der Waals surface area contributed by atoms with Crippen LogP contribution in [0.5, 0.6) is 0 Å². The van der Waals surface area contributed by atoms with E-state index in [9.17, 15) is 24.0 Å². The Kier molecular flexibility index (Phi) is 14.4. The number of piperidine rings is 1. The lowest BCUT2D eigenvalue weighted by Gasteiger charge is -2.34. The molecule has 39 heavy (non-hydrogen) atoms. The van der Waals surface area contributed by atoms with E-state index in [2.05, 4.69) is 5.32 Å². The molecule has 222 valence electrons. The predicted molar refractivity (Wildman–Crippen MR) is 147 cm³/mol. The molecule has 1 aliphatic heterocycles. The lowest BCUT2D eigenvalue weighted by Crippen LogP contribution is -2.58. The van der Waals surface area contributed by atoms with Crippen molar-refractivity contribution in [3.05, 3.63) is 0 Å². The molecular weight excluding hydrogens is 502 g/mol. The second-order valence-electron chi connectivity index (χ2n) is 11.2. The zero-order valence-electron chi connectivity index (χ0n) is 23.6. The molecule has 0 radical (unpaired) electrons. The fraction of sp³-hybridized carbons (Fsp3) is 0.821. The number of nitrogens with zero attached hydrogens (tertiary/aromatic N) is 2. The van der Waals surface area contributed by atoms with Gasteiger partial charge in [0, 0.05) is 13.0 Å². The molecule has 2 aliphatic rings. The van der Waals surface area contributed by atoms with Gasteiger partial charge in [-0.3, -0.25) is 28.9 Å². The SMILES string of the molecule is CCN(CC(=O)N(C(=O)[C@@H](N)CC(=O)O)[C@@H](CC1CCCCCCC1)C(N)=O)C(=O)CCCC1CCNCC1. The molecule has 2 atom stereocenters. The number of hydrogen-bond acceptors (Lipinski definition) is 7. The van der Waals surface area contributed by atoms with Crippen molar-refractivity contribution in [2.24, 2.45) is 23.3 Å². The Balaban J connectivity index is 2.15. The first kappa shape index (κ1) is 32.7. The highest BCUT2D eigenvalue weighted by atomic mass is 16.4. The van der Waals surface area contributed by atoms with Gasteiger partial charge in [-0.05, 0) is 64.0 Å². The Morgan fingerprint density at radius 2 is 1.54 bits per heavy atom. The number of primary amides is 1. The van der Waals surface area contributed by atoms with Crippen molar-refractivity contribution in [1.82, 2.24) is 15.1 Å². The topological polar surface area (TPSA) is 176 Å². The Hall–Kier alpha value is -2.53. The third-order valence-electron chi connectivity index (χ3n) is 8.16. The Morgan fingerprint density at radius 3 is 2.10 bits per heavy atom. The van der Waals surface area contributed by atoms with Crippen LogP contribution in [-0.2, 0) is 24.0 Å². The quantitative estimate of drug-likeness (QED) is 0.252. The lowest BCUT2D eigenvalue weighted by atomic mass is 9.86. The van der Waals surface area contributed by atoms with Crippen molar-refractivity contribution >= 4 is 29.6 Å². The molecule has 6 N–H and O–H groups in total. The summed E-state index contributed by atoms with van der Waals surface area (Å²) in [5.74, 6) is -3.35. The van der Waals surface area contributed by atoms with Crippen LogP contribution >= 0.6 is 0 Å². The van der Waals surface area contributed by atoms with Crippen LogP contribution in [0.1, 0.15) is 96.8 Å². The number of carboxylic acid groups (broad SMARTS) is 1. The first-order valence-electron chi connectivity index (χ1n) is 14.7. The van der Waals surface area contributed by atoms with Crippen LogP contribution in [0.25, 0.3) is 0 Å². The van der Waals surface area contributed by atoms with Gasteiger partial charge < -0.3 is 26.8 Å². The van der Waals surface area contributed by atoms with Crippen LogP contribution in [-0.4, -0.2) is 82.8 Å². The van der Waals surface area contributed by atoms with Gasteiger partial charge in [0.25, 0.3) is 0 Å². The molecule has 11 heteroatoms. The van der Waals surface area contributed by atoms with Gasteiger partial charge in [0.05, 0.1) is 12.5 Å². The summed E-state index contributed by atoms with van der Waals surface area (Å²) in [5.41, 5.74) is 11.6. The average Bonchev–Trinajstić information content (AvgIpc) is 2.87. The number of hydrogen-bond donors (Lipinski definition) is 4. The number of carbonyl (C=O) groups excluding carboxylic acids is 4. The number of amides is 4. The molecule has 11 nitrogen and oxygen atoms in total. The van der Waals surface area contributed by atoms with Crippen molar-refractivity contribution in [3.63, 3.8) is 0 Å². The van der Waals surface area contributed by atoms with Crippen molar-refractivity contribution < 1.29 is 29.1 Å². The van der Waals surface area contributed by atoms with Gasteiger partial charge >= 0.3 is 5.97 Å². The van der Waals surface area contributed by atoms with Crippen LogP contribution < -0.4 is 16.8 Å². The Labute approximate surface area is 232 Å². The zero-order chi connectivity index (χ0) is 28.8. The summed E-state index contributed by atoms with van der Waals surface area (Å²) in [6.45, 7) is 3.59. The summed E-state index contributed by atoms with van der Waals surface area (Å²) in [7, 11) is 0. The number of aliphatic carboxylic acids is 1. The van der Waals surface area contributed by atoms with Gasteiger partial charge in [-0.25, -0.2) is 0 Å². The fourth-order valence-electron chi connectivity index (χ4n) is 5.83. The molecule has 0 spiro atoms. The van der Waals surface area contributed by atoms with E-state index in [-0.39, 0.29) is 24.8 Å². The second kappa shape index (κ2) is 17.2. The maximum atomic E-state index is 13.6. The number of likely N-dealkylation sites (N-methyl/N-ethyl adjacent to an activating group) is 1. The van der Waals surface area contributed by atoms with Crippen molar-refractivity contribution in [1.29, 1.82) is 0 Å². The van der Waals surface area contributed by atoms with E-state index in [4.69, 9.17) is 16.6 Å². The molecule has 1 aliphatic carbocycles. The van der Waals surface area contributed by atoms with E-state index < -0.39 is 48.7 Å². The van der Waals surface area contributed by atoms with Crippen LogP contribution in [0.15, 0.2) is 0 Å². The van der Waals surface area contributed by atoms with E-state index >= 15 is 0 Å². The molecule has 1 heterocycles. The molecule has 0 unspecified atom stereocenters. The molecule has 0 aromatic heterocycles. The minimum atomic E-state index is -1.51. The summed E-state index contributed by atoms with van der Waals surface area (Å²) >= 11 is 0. The molecule has 1 saturated heterocycles. The fourth-order valence-corrected chi connectivity index (χ4v) is 5.83. The first-order chi connectivity index (χ1) is 18.6. The third-order valence-corrected chi connectivity index (χ3v) is 8.16. The smallest absolute Gasteiger partial charge is 0.305 e. The summed E-state index contributed by atoms with van der Waals surface area (Å²) in [6.07, 6.45) is 10.7. The molecule has 0 aromatic carbocycles. The molecule has 2 rings (SSSR count). The number of rotatable bonds is 14. The highest BCUT2D eigenvalue weighted by Gasteiger charge is 2.38. The highest BCUT2D eigenvalue weighted by Crippen LogP contribution is 2.28. The molecule has 1 saturated carbocycles. The van der Waals surface area contributed by atoms with Crippen LogP contribution in [0.4, 0.5) is 0 Å². The number of carboxylic acids is 1. The van der Waals surface area contributed by atoms with Gasteiger partial charge in [-0.15, -0.1) is 0 Å². The van der Waals surface area contributed by atoms with E-state index in [1.54, 1.807) is 6.92 Å². The van der Waals surface area contributed by atoms with E-state index in [0.717, 1.165) is 82.2 Å². The summed E-state index contributed by atoms with van der Waals surface area (Å²) < 4.78 is 0. The van der Waals surface area contributed by atoms with E-state index in [0.29, 0.717) is 18.8 Å². The van der Waals surface area contributed by atoms with Crippen molar-refractivity contribution in [3.8, 4) is 0 Å². The monoisotopic (exact) mass is 551 g/mol. The molecule has 0 bridgehead atoms. The van der Waals surface area contributed by atoms with E-state index in [1.165, 1.54) is 4.90 Å². The Bertz CT molecular complexity index is 823. The second-order valence-corrected chi connectivity index (χ2v) is 11.2. The maximum absolute atomic E-state index is 13.6. The number of imide groups is 1. The standard InChI is InChI=1S/C28H49N5O6/c1-2-32(24(34)12-8-11-20-13-15-31-16-14-20)19-25(35)33(28(39)22(29)18-26(36)37)23(27(30)38)17-21-9-6-4-3-5-7-10-21/h20-23,31H,2-19,29H2,1H3,(H2,30,38)(H,36,37)/t22-,23-/m0/s1. The number of nitrogens with one attached hydrogen (secondary N) is 1. The molecular formula is C28H49N5O6. The van der Waals surface area contributed by atoms with Gasteiger partial charge in [0.2, 0.25) is 23.6 Å². The maximum Gasteiger partial charge on any atom is 0.305 e. The number of nitrogens with two attached hydrogens (primary N) is 2. The van der Waals surface area contributed by atoms with Crippen LogP contribution in [0.2, 0.25) is 0 Å². The molecule has 0 aromatic rings. The minimum absolute atomic E-state index is 0.0977. The zero-order valence-corrected chi connectivity index (χ0v) is 23.6. The third kappa shape index (κ3) is 11.2. The molecule has 4 amide bonds. The molecule has 2 fully saturated rings. The highest BCUT2D eigenvalue weighted by molar-refractivity contribution is 6.04. The first-order valence-corrected chi connectivity index (χ1v) is 14.7.